The number of ether oxygens (including phenoxy) is 1. The van der Waals surface area contributed by atoms with E-state index in [1.165, 1.54) is 0 Å². The number of furan rings is 1. The molecule has 0 radical (unpaired) electrons. The number of nitrogens with one attached hydrogen (secondary N) is 2. The number of aromatic amines is 1. The summed E-state index contributed by atoms with van der Waals surface area (Å²) >= 11 is 0. The van der Waals surface area contributed by atoms with Gasteiger partial charge in [-0.15, -0.1) is 0 Å². The van der Waals surface area contributed by atoms with E-state index in [2.05, 4.69) is 15.3 Å². The zero-order valence-electron chi connectivity index (χ0n) is 19.9. The first-order chi connectivity index (χ1) is 18.1. The van der Waals surface area contributed by atoms with Crippen LogP contribution in [0.3, 0.4) is 0 Å². The number of aromatic nitrogens is 2. The van der Waals surface area contributed by atoms with Crippen LogP contribution < -0.4 is 15.8 Å². The van der Waals surface area contributed by atoms with Crippen LogP contribution in [-0.2, 0) is 6.54 Å². The highest BCUT2D eigenvalue weighted by Gasteiger charge is 2.21. The quantitative estimate of drug-likeness (QED) is 0.254. The molecule has 0 aliphatic carbocycles. The summed E-state index contributed by atoms with van der Waals surface area (Å²) < 4.78 is 11.6. The van der Waals surface area contributed by atoms with Crippen molar-refractivity contribution in [3.05, 3.63) is 108 Å². The fraction of sp³-hybridized carbons (Fsp3) is 0.107. The number of para-hydroxylation sites is 3. The molecule has 0 saturated carbocycles. The summed E-state index contributed by atoms with van der Waals surface area (Å²) in [5.41, 5.74) is 8.86. The maximum Gasteiger partial charge on any atom is 0.290 e. The Morgan fingerprint density at radius 1 is 1.03 bits per heavy atom. The lowest BCUT2D eigenvalue weighted by Crippen LogP contribution is -2.34. The van der Waals surface area contributed by atoms with E-state index in [1.807, 2.05) is 24.3 Å². The normalized spacial score (nSPS) is 10.8. The summed E-state index contributed by atoms with van der Waals surface area (Å²) in [4.78, 5) is 34.5. The van der Waals surface area contributed by atoms with Crippen LogP contribution in [0, 0.1) is 0 Å². The lowest BCUT2D eigenvalue weighted by atomic mass is 10.2. The average Bonchev–Trinajstić information content (AvgIpc) is 3.59. The molecule has 37 heavy (non-hydrogen) atoms. The molecule has 3 aromatic carbocycles. The van der Waals surface area contributed by atoms with Crippen molar-refractivity contribution >= 4 is 34.2 Å². The molecule has 2 aromatic heterocycles. The SMILES string of the molecule is Nc1ccccc1NC(=O)c1ccc(OCCN(Cc2cnc[nH]2)C(=O)c2cc3ccccc3o2)cc1. The van der Waals surface area contributed by atoms with E-state index in [0.29, 0.717) is 41.4 Å². The highest BCUT2D eigenvalue weighted by molar-refractivity contribution is 6.05. The molecule has 9 heteroatoms. The highest BCUT2D eigenvalue weighted by Crippen LogP contribution is 2.21. The van der Waals surface area contributed by atoms with Crippen molar-refractivity contribution in [1.82, 2.24) is 14.9 Å². The largest absolute Gasteiger partial charge is 0.492 e. The number of anilines is 2. The number of nitrogens with zero attached hydrogens (tertiary/aromatic N) is 2. The van der Waals surface area contributed by atoms with E-state index < -0.39 is 0 Å². The Labute approximate surface area is 212 Å². The number of nitrogen functional groups attached to an aromatic ring is 1. The fourth-order valence-corrected chi connectivity index (χ4v) is 3.85. The number of hydrogen-bond donors (Lipinski definition) is 3. The number of hydrogen-bond acceptors (Lipinski definition) is 6. The molecular formula is C28H25N5O4. The molecule has 0 spiro atoms. The van der Waals surface area contributed by atoms with Crippen molar-refractivity contribution < 1.29 is 18.7 Å². The van der Waals surface area contributed by atoms with Crippen molar-refractivity contribution in [2.45, 2.75) is 6.54 Å². The zero-order chi connectivity index (χ0) is 25.6. The topological polar surface area (TPSA) is 126 Å². The third-order valence-electron chi connectivity index (χ3n) is 5.80. The van der Waals surface area contributed by atoms with E-state index in [-0.39, 0.29) is 24.2 Å². The lowest BCUT2D eigenvalue weighted by molar-refractivity contribution is 0.0684. The second kappa shape index (κ2) is 10.7. The number of H-pyrrole nitrogens is 1. The molecule has 9 nitrogen and oxygen atoms in total. The third-order valence-corrected chi connectivity index (χ3v) is 5.80. The fourth-order valence-electron chi connectivity index (χ4n) is 3.85. The first-order valence-corrected chi connectivity index (χ1v) is 11.7. The van der Waals surface area contributed by atoms with Gasteiger partial charge >= 0.3 is 0 Å². The number of imidazole rings is 1. The molecule has 0 aliphatic rings. The molecule has 2 amide bonds. The Bertz CT molecular complexity index is 1480. The number of benzene rings is 3. The van der Waals surface area contributed by atoms with E-state index in [9.17, 15) is 9.59 Å². The van der Waals surface area contributed by atoms with Crippen molar-refractivity contribution in [2.24, 2.45) is 0 Å². The van der Waals surface area contributed by atoms with Gasteiger partial charge in [-0.25, -0.2) is 4.98 Å². The Hall–Kier alpha value is -5.05. The molecule has 0 aliphatic heterocycles. The molecule has 0 fully saturated rings. The molecule has 0 saturated heterocycles. The number of fused-ring (bicyclic) bond motifs is 1. The maximum absolute atomic E-state index is 13.3. The Balaban J connectivity index is 1.22. The average molecular weight is 496 g/mol. The molecule has 0 unspecified atom stereocenters. The van der Waals surface area contributed by atoms with Gasteiger partial charge in [-0.2, -0.15) is 0 Å². The lowest BCUT2D eigenvalue weighted by Gasteiger charge is -2.21. The van der Waals surface area contributed by atoms with Crippen LogP contribution in [0.5, 0.6) is 5.75 Å². The number of carbonyl (C=O) groups excluding carboxylic acids is 2. The van der Waals surface area contributed by atoms with E-state index in [4.69, 9.17) is 14.9 Å². The first-order valence-electron chi connectivity index (χ1n) is 11.7. The minimum absolute atomic E-state index is 0.242. The molecule has 0 atom stereocenters. The van der Waals surface area contributed by atoms with Gasteiger partial charge in [0.2, 0.25) is 0 Å². The predicted octanol–water partition coefficient (Wildman–Crippen LogP) is 4.71. The van der Waals surface area contributed by atoms with Crippen LogP contribution in [0.15, 0.2) is 95.8 Å². The highest BCUT2D eigenvalue weighted by atomic mass is 16.5. The van der Waals surface area contributed by atoms with Crippen LogP contribution in [0.4, 0.5) is 11.4 Å². The van der Waals surface area contributed by atoms with Gasteiger partial charge in [-0.05, 0) is 48.5 Å². The van der Waals surface area contributed by atoms with Crippen molar-refractivity contribution in [1.29, 1.82) is 0 Å². The van der Waals surface area contributed by atoms with Crippen molar-refractivity contribution in [3.63, 3.8) is 0 Å². The predicted molar refractivity (Wildman–Crippen MR) is 140 cm³/mol. The molecule has 0 bridgehead atoms. The number of carbonyl (C=O) groups is 2. The minimum atomic E-state index is -0.272. The van der Waals surface area contributed by atoms with Gasteiger partial charge in [0.05, 0.1) is 36.5 Å². The molecule has 186 valence electrons. The van der Waals surface area contributed by atoms with Gasteiger partial charge in [0.25, 0.3) is 11.8 Å². The van der Waals surface area contributed by atoms with Crippen LogP contribution >= 0.6 is 0 Å². The van der Waals surface area contributed by atoms with Crippen LogP contribution in [0.1, 0.15) is 26.6 Å². The number of nitrogens with two attached hydrogens (primary N) is 1. The third kappa shape index (κ3) is 5.62. The second-order valence-corrected chi connectivity index (χ2v) is 8.37. The van der Waals surface area contributed by atoms with E-state index in [1.54, 1.807) is 72.0 Å². The summed E-state index contributed by atoms with van der Waals surface area (Å²) in [7, 11) is 0. The monoisotopic (exact) mass is 495 g/mol. The number of rotatable bonds is 9. The maximum atomic E-state index is 13.3. The smallest absolute Gasteiger partial charge is 0.290 e. The Kier molecular flexibility index (Phi) is 6.84. The van der Waals surface area contributed by atoms with Gasteiger partial charge in [0.15, 0.2) is 5.76 Å². The van der Waals surface area contributed by atoms with Crippen LogP contribution in [0.25, 0.3) is 11.0 Å². The second-order valence-electron chi connectivity index (χ2n) is 8.37. The van der Waals surface area contributed by atoms with Gasteiger partial charge in [-0.3, -0.25) is 9.59 Å². The summed E-state index contributed by atoms with van der Waals surface area (Å²) in [5.74, 6) is 0.316. The van der Waals surface area contributed by atoms with Crippen molar-refractivity contribution in [3.8, 4) is 5.75 Å². The van der Waals surface area contributed by atoms with Gasteiger partial charge in [0.1, 0.15) is 17.9 Å². The standard InChI is InChI=1S/C28H25N5O4/c29-23-6-2-3-7-24(23)32-27(34)19-9-11-22(12-10-19)36-14-13-33(17-21-16-30-18-31-21)28(35)26-15-20-5-1-4-8-25(20)37-26/h1-12,15-16,18H,13-14,17,29H2,(H,30,31)(H,32,34). The van der Waals surface area contributed by atoms with Gasteiger partial charge in [0, 0.05) is 17.1 Å². The summed E-state index contributed by atoms with van der Waals surface area (Å²) in [5, 5.41) is 3.66. The minimum Gasteiger partial charge on any atom is -0.492 e. The molecular weight excluding hydrogens is 470 g/mol. The summed E-state index contributed by atoms with van der Waals surface area (Å²) in [6.45, 7) is 0.873. The van der Waals surface area contributed by atoms with Crippen molar-refractivity contribution in [2.75, 3.05) is 24.2 Å². The molecule has 5 rings (SSSR count). The molecule has 2 heterocycles. The molecule has 5 aromatic rings. The first kappa shape index (κ1) is 23.7. The van der Waals surface area contributed by atoms with Crippen LogP contribution in [0.2, 0.25) is 0 Å². The zero-order valence-corrected chi connectivity index (χ0v) is 19.9. The van der Waals surface area contributed by atoms with Crippen LogP contribution in [-0.4, -0.2) is 39.8 Å². The summed E-state index contributed by atoms with van der Waals surface area (Å²) in [6, 6.07) is 23.1. The molecule has 4 N–H and O–H groups in total. The van der Waals surface area contributed by atoms with Gasteiger partial charge < -0.3 is 30.1 Å². The Morgan fingerprint density at radius 3 is 2.57 bits per heavy atom. The Morgan fingerprint density at radius 2 is 1.81 bits per heavy atom. The van der Waals surface area contributed by atoms with E-state index >= 15 is 0 Å². The number of amides is 2. The summed E-state index contributed by atoms with van der Waals surface area (Å²) in [6.07, 6.45) is 3.24. The van der Waals surface area contributed by atoms with E-state index in [0.717, 1.165) is 11.1 Å². The van der Waals surface area contributed by atoms with Gasteiger partial charge in [-0.1, -0.05) is 30.3 Å².